The van der Waals surface area contributed by atoms with E-state index >= 15 is 0 Å². The SMILES string of the molecule is CCc1sc(CC(=O)c2ccc(Cl)nc2)nc1-c1ccccc1. The Morgan fingerprint density at radius 2 is 1.96 bits per heavy atom. The van der Waals surface area contributed by atoms with Crippen molar-refractivity contribution in [1.82, 2.24) is 9.97 Å². The molecule has 0 N–H and O–H groups in total. The summed E-state index contributed by atoms with van der Waals surface area (Å²) < 4.78 is 0. The van der Waals surface area contributed by atoms with E-state index in [0.29, 0.717) is 10.7 Å². The van der Waals surface area contributed by atoms with Gasteiger partial charge in [-0.1, -0.05) is 48.9 Å². The highest BCUT2D eigenvalue weighted by Crippen LogP contribution is 2.29. The van der Waals surface area contributed by atoms with Crippen molar-refractivity contribution < 1.29 is 4.79 Å². The first-order valence-corrected chi connectivity index (χ1v) is 8.55. The van der Waals surface area contributed by atoms with Crippen LogP contribution in [0.25, 0.3) is 11.3 Å². The minimum absolute atomic E-state index is 0.00480. The number of thiazole rings is 1. The van der Waals surface area contributed by atoms with Gasteiger partial charge in [-0.3, -0.25) is 4.79 Å². The third kappa shape index (κ3) is 3.66. The quantitative estimate of drug-likeness (QED) is 0.492. The average molecular weight is 343 g/mol. The molecule has 0 amide bonds. The number of aromatic nitrogens is 2. The molecule has 5 heteroatoms. The van der Waals surface area contributed by atoms with E-state index in [9.17, 15) is 4.79 Å². The van der Waals surface area contributed by atoms with Crippen molar-refractivity contribution in [2.45, 2.75) is 19.8 Å². The number of ketones is 1. The number of hydrogen-bond acceptors (Lipinski definition) is 4. The molecule has 116 valence electrons. The first-order valence-electron chi connectivity index (χ1n) is 7.36. The van der Waals surface area contributed by atoms with Gasteiger partial charge in [-0.25, -0.2) is 9.97 Å². The molecule has 0 atom stereocenters. The molecule has 2 aromatic heterocycles. The van der Waals surface area contributed by atoms with Gasteiger partial charge in [-0.2, -0.15) is 0 Å². The van der Waals surface area contributed by atoms with Crippen LogP contribution in [-0.4, -0.2) is 15.8 Å². The highest BCUT2D eigenvalue weighted by molar-refractivity contribution is 7.12. The predicted molar refractivity (Wildman–Crippen MR) is 94.2 cm³/mol. The lowest BCUT2D eigenvalue weighted by Gasteiger charge is -1.99. The molecule has 23 heavy (non-hydrogen) atoms. The van der Waals surface area contributed by atoms with Gasteiger partial charge < -0.3 is 0 Å². The van der Waals surface area contributed by atoms with Crippen LogP contribution >= 0.6 is 22.9 Å². The van der Waals surface area contributed by atoms with E-state index in [1.807, 2.05) is 30.3 Å². The van der Waals surface area contributed by atoms with Crippen molar-refractivity contribution in [2.75, 3.05) is 0 Å². The van der Waals surface area contributed by atoms with Crippen molar-refractivity contribution >= 4 is 28.7 Å². The number of Topliss-reactive ketones (excluding diaryl/α,β-unsaturated/α-hetero) is 1. The fourth-order valence-electron chi connectivity index (χ4n) is 2.32. The van der Waals surface area contributed by atoms with Gasteiger partial charge in [0.05, 0.1) is 12.1 Å². The summed E-state index contributed by atoms with van der Waals surface area (Å²) in [7, 11) is 0. The lowest BCUT2D eigenvalue weighted by Crippen LogP contribution is -2.03. The molecule has 1 aromatic carbocycles. The second-order valence-corrected chi connectivity index (χ2v) is 6.62. The Hall–Kier alpha value is -2.04. The van der Waals surface area contributed by atoms with Crippen LogP contribution in [0.4, 0.5) is 0 Å². The molecular weight excluding hydrogens is 328 g/mol. The Kier molecular flexibility index (Phi) is 4.84. The van der Waals surface area contributed by atoms with Crippen LogP contribution < -0.4 is 0 Å². The van der Waals surface area contributed by atoms with Crippen molar-refractivity contribution in [3.63, 3.8) is 0 Å². The van der Waals surface area contributed by atoms with E-state index < -0.39 is 0 Å². The normalized spacial score (nSPS) is 10.7. The third-order valence-electron chi connectivity index (χ3n) is 3.47. The van der Waals surface area contributed by atoms with Crippen LogP contribution in [0.15, 0.2) is 48.7 Å². The molecule has 0 aliphatic rings. The monoisotopic (exact) mass is 342 g/mol. The Morgan fingerprint density at radius 1 is 1.17 bits per heavy atom. The Morgan fingerprint density at radius 3 is 2.61 bits per heavy atom. The molecule has 0 fully saturated rings. The first-order chi connectivity index (χ1) is 11.2. The molecular formula is C18H15ClN2OS. The van der Waals surface area contributed by atoms with E-state index in [1.165, 1.54) is 11.1 Å². The van der Waals surface area contributed by atoms with E-state index in [2.05, 4.69) is 16.9 Å². The number of pyridine rings is 1. The fraction of sp³-hybridized carbons (Fsp3) is 0.167. The van der Waals surface area contributed by atoms with E-state index in [0.717, 1.165) is 22.7 Å². The fourth-order valence-corrected chi connectivity index (χ4v) is 3.46. The summed E-state index contributed by atoms with van der Waals surface area (Å²) in [4.78, 5) is 22.2. The molecule has 3 nitrogen and oxygen atoms in total. The summed E-state index contributed by atoms with van der Waals surface area (Å²) in [5.41, 5.74) is 2.63. The van der Waals surface area contributed by atoms with Crippen molar-refractivity contribution in [3.8, 4) is 11.3 Å². The highest BCUT2D eigenvalue weighted by atomic mass is 35.5. The summed E-state index contributed by atoms with van der Waals surface area (Å²) >= 11 is 7.36. The second kappa shape index (κ2) is 7.02. The highest BCUT2D eigenvalue weighted by Gasteiger charge is 2.15. The second-order valence-electron chi connectivity index (χ2n) is 5.07. The summed E-state index contributed by atoms with van der Waals surface area (Å²) in [5, 5.41) is 1.22. The lowest BCUT2D eigenvalue weighted by molar-refractivity contribution is 0.0992. The average Bonchev–Trinajstić information content (AvgIpc) is 2.99. The number of carbonyl (C=O) groups excluding carboxylic acids is 1. The number of carbonyl (C=O) groups is 1. The Balaban J connectivity index is 1.85. The van der Waals surface area contributed by atoms with Gasteiger partial charge in [-0.15, -0.1) is 11.3 Å². The summed E-state index contributed by atoms with van der Waals surface area (Å²) in [6, 6.07) is 13.4. The maximum Gasteiger partial charge on any atom is 0.171 e. The number of nitrogens with zero attached hydrogens (tertiary/aromatic N) is 2. The summed E-state index contributed by atoms with van der Waals surface area (Å²) in [5.74, 6) is 0.00480. The van der Waals surface area contributed by atoms with Crippen LogP contribution in [0, 0.1) is 0 Å². The summed E-state index contributed by atoms with van der Waals surface area (Å²) in [6.45, 7) is 2.11. The molecule has 0 spiro atoms. The third-order valence-corrected chi connectivity index (χ3v) is 4.89. The molecule has 2 heterocycles. The van der Waals surface area contributed by atoms with Crippen molar-refractivity contribution in [1.29, 1.82) is 0 Å². The van der Waals surface area contributed by atoms with Gasteiger partial charge in [0.2, 0.25) is 0 Å². The van der Waals surface area contributed by atoms with Crippen LogP contribution in [0.3, 0.4) is 0 Å². The molecule has 0 radical (unpaired) electrons. The van der Waals surface area contributed by atoms with Crippen LogP contribution in [0.1, 0.15) is 27.2 Å². The minimum Gasteiger partial charge on any atom is -0.294 e. The molecule has 0 aliphatic carbocycles. The maximum absolute atomic E-state index is 12.4. The minimum atomic E-state index is 0.00480. The summed E-state index contributed by atoms with van der Waals surface area (Å²) in [6.07, 6.45) is 2.70. The number of aryl methyl sites for hydroxylation is 1. The number of hydrogen-bond donors (Lipinski definition) is 0. The van der Waals surface area contributed by atoms with Crippen molar-refractivity contribution in [3.05, 3.63) is 69.3 Å². The molecule has 0 aliphatic heterocycles. The standard InChI is InChI=1S/C18H15ClN2OS/c1-2-15-18(12-6-4-3-5-7-12)21-17(23-15)10-14(22)13-8-9-16(19)20-11-13/h3-9,11H,2,10H2,1H3. The van der Waals surface area contributed by atoms with Crippen LogP contribution in [-0.2, 0) is 12.8 Å². The zero-order chi connectivity index (χ0) is 16.2. The Labute approximate surface area is 144 Å². The van der Waals surface area contributed by atoms with Gasteiger partial charge in [-0.05, 0) is 18.6 Å². The van der Waals surface area contributed by atoms with Gasteiger partial charge in [0, 0.05) is 22.2 Å². The van der Waals surface area contributed by atoms with E-state index in [4.69, 9.17) is 11.6 Å². The molecule has 0 saturated carbocycles. The number of halogens is 1. The largest absolute Gasteiger partial charge is 0.294 e. The molecule has 0 bridgehead atoms. The zero-order valence-electron chi connectivity index (χ0n) is 12.6. The molecule has 3 rings (SSSR count). The number of rotatable bonds is 5. The van der Waals surface area contributed by atoms with Crippen molar-refractivity contribution in [2.24, 2.45) is 0 Å². The van der Waals surface area contributed by atoms with Crippen LogP contribution in [0.2, 0.25) is 5.15 Å². The van der Waals surface area contributed by atoms with Gasteiger partial charge in [0.25, 0.3) is 0 Å². The maximum atomic E-state index is 12.4. The van der Waals surface area contributed by atoms with Gasteiger partial charge >= 0.3 is 0 Å². The molecule has 0 saturated heterocycles. The Bertz CT molecular complexity index is 813. The number of benzene rings is 1. The lowest BCUT2D eigenvalue weighted by atomic mass is 10.1. The van der Waals surface area contributed by atoms with Gasteiger partial charge in [0.1, 0.15) is 10.2 Å². The van der Waals surface area contributed by atoms with E-state index in [1.54, 1.807) is 23.5 Å². The smallest absolute Gasteiger partial charge is 0.171 e. The molecule has 3 aromatic rings. The van der Waals surface area contributed by atoms with Gasteiger partial charge in [0.15, 0.2) is 5.78 Å². The zero-order valence-corrected chi connectivity index (χ0v) is 14.2. The first kappa shape index (κ1) is 15.8. The predicted octanol–water partition coefficient (Wildman–Crippen LogP) is 4.85. The molecule has 0 unspecified atom stereocenters. The van der Waals surface area contributed by atoms with Crippen LogP contribution in [0.5, 0.6) is 0 Å². The van der Waals surface area contributed by atoms with E-state index in [-0.39, 0.29) is 12.2 Å². The topological polar surface area (TPSA) is 42.9 Å².